The molecule has 1 fully saturated rings. The van der Waals surface area contributed by atoms with E-state index in [4.69, 9.17) is 18.9 Å². The lowest BCUT2D eigenvalue weighted by Gasteiger charge is -2.25. The second-order valence-electron chi connectivity index (χ2n) is 10.6. The van der Waals surface area contributed by atoms with E-state index in [0.717, 1.165) is 0 Å². The molecule has 2 aromatic carbocycles. The molecule has 5 rings (SSSR count). The Morgan fingerprint density at radius 2 is 2.02 bits per heavy atom. The molecule has 1 aromatic heterocycles. The highest BCUT2D eigenvalue weighted by Gasteiger charge is 2.34. The number of carbonyl (C=O) groups excluding carboxylic acids is 2. The predicted octanol–water partition coefficient (Wildman–Crippen LogP) is 2.53. The molecule has 1 atom stereocenters. The number of carboxylic acids is 1. The molecule has 2 aliphatic rings. The highest BCUT2D eigenvalue weighted by Crippen LogP contribution is 2.37. The quantitative estimate of drug-likeness (QED) is 0.350. The maximum atomic E-state index is 12.9. The van der Waals surface area contributed by atoms with E-state index in [0.29, 0.717) is 53.2 Å². The summed E-state index contributed by atoms with van der Waals surface area (Å²) >= 11 is 0. The zero-order valence-electron chi connectivity index (χ0n) is 22.6. The van der Waals surface area contributed by atoms with Crippen LogP contribution in [0.5, 0.6) is 17.2 Å². The van der Waals surface area contributed by atoms with Crippen molar-refractivity contribution in [3.8, 4) is 28.5 Å². The second kappa shape index (κ2) is 11.4. The minimum Gasteiger partial charge on any atom is -0.493 e. The first kappa shape index (κ1) is 27.7. The van der Waals surface area contributed by atoms with E-state index >= 15 is 0 Å². The minimum atomic E-state index is -1.06. The van der Waals surface area contributed by atoms with Crippen molar-refractivity contribution in [2.75, 3.05) is 33.1 Å². The fraction of sp³-hybridized carbons (Fsp3) is 0.393. The first-order valence-electron chi connectivity index (χ1n) is 13.1. The lowest BCUT2D eigenvalue weighted by atomic mass is 9.96. The van der Waals surface area contributed by atoms with E-state index in [1.165, 1.54) is 4.90 Å². The molecule has 2 amide bonds. The Morgan fingerprint density at radius 3 is 2.83 bits per heavy atom. The summed E-state index contributed by atoms with van der Waals surface area (Å²) in [7, 11) is 0. The Morgan fingerprint density at radius 1 is 1.20 bits per heavy atom. The number of nitrogens with zero attached hydrogens (tertiary/aromatic N) is 2. The number of likely N-dealkylation sites (tertiary alicyclic amines) is 1. The molecule has 3 heterocycles. The van der Waals surface area contributed by atoms with Gasteiger partial charge >= 0.3 is 12.1 Å². The van der Waals surface area contributed by atoms with Crippen molar-refractivity contribution < 1.29 is 38.4 Å². The third-order valence-corrected chi connectivity index (χ3v) is 6.78. The normalized spacial score (nSPS) is 16.0. The molecule has 0 radical (unpaired) electrons. The number of alkyl carbamates (subject to hydrolysis) is 1. The third kappa shape index (κ3) is 6.18. The number of hydrogen-bond donors (Lipinski definition) is 3. The number of hydrogen-bond acceptors (Lipinski definition) is 9. The topological polar surface area (TPSA) is 169 Å². The molecule has 2 aliphatic heterocycles. The van der Waals surface area contributed by atoms with Crippen LogP contribution in [0.1, 0.15) is 26.7 Å². The smallest absolute Gasteiger partial charge is 0.407 e. The average molecular weight is 567 g/mol. The van der Waals surface area contributed by atoms with E-state index in [1.807, 2.05) is 13.8 Å². The average Bonchev–Trinajstić information content (AvgIpc) is 3.64. The number of carbonyl (C=O) groups is 3. The van der Waals surface area contributed by atoms with Crippen LogP contribution in [0.15, 0.2) is 41.2 Å². The Bertz CT molecular complexity index is 1550. The highest BCUT2D eigenvalue weighted by molar-refractivity contribution is 5.87. The van der Waals surface area contributed by atoms with Crippen LogP contribution in [0.3, 0.4) is 0 Å². The summed E-state index contributed by atoms with van der Waals surface area (Å²) in [6, 6.07) is 9.57. The van der Waals surface area contributed by atoms with E-state index in [2.05, 4.69) is 15.3 Å². The first-order chi connectivity index (χ1) is 19.6. The SMILES string of the molecule is CC(C)(COC(=O)NCC(=O)N1CCCC1C(=O)O)COc1cccc(-c2nc3ccc4c(c3[nH]c2=O)OCO4)c1. The van der Waals surface area contributed by atoms with Gasteiger partial charge in [0, 0.05) is 17.5 Å². The van der Waals surface area contributed by atoms with E-state index < -0.39 is 29.4 Å². The number of aromatic nitrogens is 2. The van der Waals surface area contributed by atoms with Gasteiger partial charge in [0.1, 0.15) is 36.2 Å². The molecule has 0 saturated carbocycles. The molecule has 216 valence electrons. The maximum Gasteiger partial charge on any atom is 0.407 e. The summed E-state index contributed by atoms with van der Waals surface area (Å²) in [5.74, 6) is -0.0263. The number of carboxylic acid groups (broad SMARTS) is 1. The van der Waals surface area contributed by atoms with Gasteiger partial charge in [-0.15, -0.1) is 0 Å². The lowest BCUT2D eigenvalue weighted by molar-refractivity contribution is -0.147. The summed E-state index contributed by atoms with van der Waals surface area (Å²) in [5.41, 5.74) is 0.818. The second-order valence-corrected chi connectivity index (χ2v) is 10.6. The monoisotopic (exact) mass is 566 g/mol. The van der Waals surface area contributed by atoms with Gasteiger partial charge in [-0.25, -0.2) is 14.6 Å². The van der Waals surface area contributed by atoms with Gasteiger partial charge in [0.15, 0.2) is 11.5 Å². The Kier molecular flexibility index (Phi) is 7.68. The van der Waals surface area contributed by atoms with Gasteiger partial charge in [-0.05, 0) is 37.1 Å². The molecule has 1 saturated heterocycles. The van der Waals surface area contributed by atoms with Gasteiger partial charge in [-0.2, -0.15) is 0 Å². The summed E-state index contributed by atoms with van der Waals surface area (Å²) < 4.78 is 22.0. The Hall–Kier alpha value is -4.81. The summed E-state index contributed by atoms with van der Waals surface area (Å²) in [6.07, 6.45) is 0.209. The van der Waals surface area contributed by atoms with Gasteiger partial charge in [0.05, 0.1) is 12.1 Å². The van der Waals surface area contributed by atoms with Crippen LogP contribution >= 0.6 is 0 Å². The van der Waals surface area contributed by atoms with Gasteiger partial charge < -0.3 is 39.3 Å². The number of nitrogens with one attached hydrogen (secondary N) is 2. The molecule has 0 aliphatic carbocycles. The molecule has 1 unspecified atom stereocenters. The molecule has 3 N–H and O–H groups in total. The lowest BCUT2D eigenvalue weighted by Crippen LogP contribution is -2.45. The minimum absolute atomic E-state index is 0.00378. The number of H-pyrrole nitrogens is 1. The Labute approximate surface area is 234 Å². The van der Waals surface area contributed by atoms with Crippen LogP contribution in [0.2, 0.25) is 0 Å². The van der Waals surface area contributed by atoms with Crippen LogP contribution < -0.4 is 25.1 Å². The number of ether oxygens (including phenoxy) is 4. The standard InChI is InChI=1S/C28H30N4O9/c1-28(2,14-39-27(37)29-12-21(33)32-10-4-7-19(32)26(35)36)13-38-17-6-3-5-16(11-17)22-25(34)31-23-18(30-22)8-9-20-24(23)41-15-40-20/h3,5-6,8-9,11,19H,4,7,10,12-15H2,1-2H3,(H,29,37)(H,31,34)(H,35,36). The van der Waals surface area contributed by atoms with Gasteiger partial charge in [0.25, 0.3) is 5.56 Å². The number of amides is 2. The molecule has 13 nitrogen and oxygen atoms in total. The molecule has 41 heavy (non-hydrogen) atoms. The van der Waals surface area contributed by atoms with Crippen molar-refractivity contribution in [2.24, 2.45) is 5.41 Å². The van der Waals surface area contributed by atoms with E-state index in [1.54, 1.807) is 36.4 Å². The predicted molar refractivity (Wildman–Crippen MR) is 145 cm³/mol. The third-order valence-electron chi connectivity index (χ3n) is 6.78. The first-order valence-corrected chi connectivity index (χ1v) is 13.1. The molecular weight excluding hydrogens is 536 g/mol. The van der Waals surface area contributed by atoms with Crippen molar-refractivity contribution in [1.82, 2.24) is 20.2 Å². The summed E-state index contributed by atoms with van der Waals surface area (Å²) in [5, 5.41) is 11.6. The van der Waals surface area contributed by atoms with Gasteiger partial charge in [0.2, 0.25) is 12.7 Å². The maximum absolute atomic E-state index is 12.9. The summed E-state index contributed by atoms with van der Waals surface area (Å²) in [6.45, 7) is 3.94. The van der Waals surface area contributed by atoms with Crippen molar-refractivity contribution in [1.29, 1.82) is 0 Å². The van der Waals surface area contributed by atoms with Gasteiger partial charge in [-0.1, -0.05) is 26.0 Å². The number of aromatic amines is 1. The van der Waals surface area contributed by atoms with Crippen molar-refractivity contribution in [2.45, 2.75) is 32.7 Å². The number of aliphatic carboxylic acids is 1. The van der Waals surface area contributed by atoms with Crippen LogP contribution in [0, 0.1) is 5.41 Å². The van der Waals surface area contributed by atoms with Crippen LogP contribution in [-0.2, 0) is 14.3 Å². The van der Waals surface area contributed by atoms with Crippen LogP contribution in [-0.4, -0.2) is 77.1 Å². The zero-order valence-corrected chi connectivity index (χ0v) is 22.6. The van der Waals surface area contributed by atoms with Crippen molar-refractivity contribution in [3.63, 3.8) is 0 Å². The van der Waals surface area contributed by atoms with Crippen molar-refractivity contribution >= 4 is 29.0 Å². The van der Waals surface area contributed by atoms with E-state index in [9.17, 15) is 24.3 Å². The van der Waals surface area contributed by atoms with Crippen LogP contribution in [0.4, 0.5) is 4.79 Å². The molecular formula is C28H30N4O9. The fourth-order valence-electron chi connectivity index (χ4n) is 4.65. The molecule has 0 spiro atoms. The zero-order chi connectivity index (χ0) is 29.1. The van der Waals surface area contributed by atoms with E-state index in [-0.39, 0.29) is 37.8 Å². The largest absolute Gasteiger partial charge is 0.493 e. The number of benzene rings is 2. The molecule has 3 aromatic rings. The number of fused-ring (bicyclic) bond motifs is 3. The molecule has 0 bridgehead atoms. The van der Waals surface area contributed by atoms with Crippen molar-refractivity contribution in [3.05, 3.63) is 46.8 Å². The summed E-state index contributed by atoms with van der Waals surface area (Å²) in [4.78, 5) is 57.3. The van der Waals surface area contributed by atoms with Gasteiger partial charge in [-0.3, -0.25) is 9.59 Å². The molecule has 13 heteroatoms. The fourth-order valence-corrected chi connectivity index (χ4v) is 4.65. The number of rotatable bonds is 9. The van der Waals surface area contributed by atoms with Crippen LogP contribution in [0.25, 0.3) is 22.3 Å². The Balaban J connectivity index is 1.15. The highest BCUT2D eigenvalue weighted by atomic mass is 16.7.